The number of carbonyl (C=O) groups excluding carboxylic acids is 1. The van der Waals surface area contributed by atoms with Crippen LogP contribution in [0.1, 0.15) is 11.1 Å². The predicted octanol–water partition coefficient (Wildman–Crippen LogP) is 4.48. The molecular formula is C18H13BrN4O2S2. The van der Waals surface area contributed by atoms with Crippen LogP contribution in [0.25, 0.3) is 0 Å². The molecule has 0 spiro atoms. The number of nitrogens with one attached hydrogen (secondary N) is 1. The number of thioether (sulfide) groups is 1. The van der Waals surface area contributed by atoms with Crippen LogP contribution in [0.2, 0.25) is 0 Å². The Kier molecular flexibility index (Phi) is 6.81. The lowest BCUT2D eigenvalue weighted by Gasteiger charge is -2.05. The molecule has 1 amide bonds. The lowest BCUT2D eigenvalue weighted by molar-refractivity contribution is -0.118. The number of nitriles is 1. The van der Waals surface area contributed by atoms with E-state index in [0.717, 1.165) is 14.4 Å². The van der Waals surface area contributed by atoms with Crippen LogP contribution in [0.15, 0.2) is 57.3 Å². The Bertz CT molecular complexity index is 953. The van der Waals surface area contributed by atoms with Gasteiger partial charge in [0, 0.05) is 10.2 Å². The first-order valence-electron chi connectivity index (χ1n) is 7.76. The van der Waals surface area contributed by atoms with Crippen molar-refractivity contribution in [3.8, 4) is 11.8 Å². The molecule has 3 rings (SSSR count). The van der Waals surface area contributed by atoms with E-state index in [0.29, 0.717) is 22.2 Å². The molecule has 9 heteroatoms. The van der Waals surface area contributed by atoms with Gasteiger partial charge in [0.1, 0.15) is 5.75 Å². The van der Waals surface area contributed by atoms with Gasteiger partial charge >= 0.3 is 0 Å². The van der Waals surface area contributed by atoms with Crippen molar-refractivity contribution in [3.63, 3.8) is 0 Å². The molecule has 0 unspecified atom stereocenters. The third-order valence-electron chi connectivity index (χ3n) is 3.28. The van der Waals surface area contributed by atoms with Gasteiger partial charge in [-0.2, -0.15) is 5.26 Å². The molecule has 1 heterocycles. The van der Waals surface area contributed by atoms with Crippen LogP contribution in [0.3, 0.4) is 0 Å². The molecule has 1 aromatic heterocycles. The summed E-state index contributed by atoms with van der Waals surface area (Å²) < 4.78 is 7.12. The van der Waals surface area contributed by atoms with Crippen LogP contribution in [0.5, 0.6) is 5.75 Å². The minimum absolute atomic E-state index is 0.102. The number of halogens is 1. The number of amides is 1. The Morgan fingerprint density at radius 2 is 1.93 bits per heavy atom. The number of aromatic nitrogens is 2. The summed E-state index contributed by atoms with van der Waals surface area (Å²) in [4.78, 5) is 12.0. The van der Waals surface area contributed by atoms with Gasteiger partial charge in [-0.15, -0.1) is 10.2 Å². The summed E-state index contributed by atoms with van der Waals surface area (Å²) in [5.74, 6) is 1.03. The summed E-state index contributed by atoms with van der Waals surface area (Å²) in [6.07, 6.45) is 0. The van der Waals surface area contributed by atoms with Crippen molar-refractivity contribution in [3.05, 3.63) is 64.1 Å². The molecule has 27 heavy (non-hydrogen) atoms. The van der Waals surface area contributed by atoms with Gasteiger partial charge in [0.2, 0.25) is 5.13 Å². The lowest BCUT2D eigenvalue weighted by Crippen LogP contribution is -2.20. The third kappa shape index (κ3) is 6.06. The number of anilines is 1. The quantitative estimate of drug-likeness (QED) is 0.412. The molecule has 0 bridgehead atoms. The van der Waals surface area contributed by atoms with E-state index in [4.69, 9.17) is 10.00 Å². The average Bonchev–Trinajstić information content (AvgIpc) is 3.13. The third-order valence-corrected chi connectivity index (χ3v) is 5.85. The highest BCUT2D eigenvalue weighted by atomic mass is 79.9. The van der Waals surface area contributed by atoms with Crippen molar-refractivity contribution in [2.45, 2.75) is 10.1 Å². The highest BCUT2D eigenvalue weighted by Gasteiger charge is 2.10. The lowest BCUT2D eigenvalue weighted by atomic mass is 10.2. The molecule has 0 atom stereocenters. The van der Waals surface area contributed by atoms with Gasteiger partial charge in [0.05, 0.1) is 11.6 Å². The standard InChI is InChI=1S/C18H13BrN4O2S2/c19-14-5-7-15(8-6-14)25-10-16(24)21-17-22-23-18(27-17)26-11-13-3-1-12(9-20)2-4-13/h1-8H,10-11H2,(H,21,22,24). The summed E-state index contributed by atoms with van der Waals surface area (Å²) in [5, 5.41) is 20.0. The minimum atomic E-state index is -0.294. The first-order valence-corrected chi connectivity index (χ1v) is 10.4. The summed E-state index contributed by atoms with van der Waals surface area (Å²) >= 11 is 6.17. The Hall–Kier alpha value is -2.41. The van der Waals surface area contributed by atoms with Crippen LogP contribution < -0.4 is 10.1 Å². The van der Waals surface area contributed by atoms with Crippen molar-refractivity contribution < 1.29 is 9.53 Å². The fourth-order valence-corrected chi connectivity index (χ4v) is 3.96. The highest BCUT2D eigenvalue weighted by Crippen LogP contribution is 2.28. The van der Waals surface area contributed by atoms with Gasteiger partial charge in [-0.3, -0.25) is 10.1 Å². The first-order chi connectivity index (χ1) is 13.1. The summed E-state index contributed by atoms with van der Waals surface area (Å²) in [6, 6.07) is 16.7. The topological polar surface area (TPSA) is 87.9 Å². The van der Waals surface area contributed by atoms with Crippen molar-refractivity contribution in [1.29, 1.82) is 5.26 Å². The van der Waals surface area contributed by atoms with Crippen LogP contribution in [0.4, 0.5) is 5.13 Å². The van der Waals surface area contributed by atoms with Crippen LogP contribution in [-0.4, -0.2) is 22.7 Å². The zero-order valence-corrected chi connectivity index (χ0v) is 17.1. The second-order valence-corrected chi connectivity index (χ2v) is 8.38. The van der Waals surface area contributed by atoms with Crippen LogP contribution in [0, 0.1) is 11.3 Å². The monoisotopic (exact) mass is 460 g/mol. The van der Waals surface area contributed by atoms with Crippen molar-refractivity contribution in [2.24, 2.45) is 0 Å². The van der Waals surface area contributed by atoms with E-state index >= 15 is 0 Å². The molecule has 0 aliphatic heterocycles. The molecule has 0 aliphatic rings. The summed E-state index contributed by atoms with van der Waals surface area (Å²) in [7, 11) is 0. The zero-order valence-electron chi connectivity index (χ0n) is 13.9. The number of nitrogens with zero attached hydrogens (tertiary/aromatic N) is 3. The minimum Gasteiger partial charge on any atom is -0.484 e. The largest absolute Gasteiger partial charge is 0.484 e. The fourth-order valence-electron chi connectivity index (χ4n) is 1.97. The molecule has 3 aromatic rings. The van der Waals surface area contributed by atoms with E-state index in [1.54, 1.807) is 24.3 Å². The molecule has 136 valence electrons. The predicted molar refractivity (Wildman–Crippen MR) is 109 cm³/mol. The van der Waals surface area contributed by atoms with Gasteiger partial charge in [0.15, 0.2) is 10.9 Å². The Labute approximate surface area is 172 Å². The first kappa shape index (κ1) is 19.4. The van der Waals surface area contributed by atoms with E-state index in [2.05, 4.69) is 37.5 Å². The smallest absolute Gasteiger partial charge is 0.264 e. The van der Waals surface area contributed by atoms with E-state index in [9.17, 15) is 4.79 Å². The number of rotatable bonds is 7. The van der Waals surface area contributed by atoms with E-state index in [1.807, 2.05) is 24.3 Å². The molecule has 0 saturated carbocycles. The molecule has 0 aliphatic carbocycles. The van der Waals surface area contributed by atoms with E-state index in [1.165, 1.54) is 23.1 Å². The second kappa shape index (κ2) is 9.50. The maximum absolute atomic E-state index is 12.0. The van der Waals surface area contributed by atoms with E-state index in [-0.39, 0.29) is 12.5 Å². The molecule has 2 aromatic carbocycles. The van der Waals surface area contributed by atoms with Gasteiger partial charge in [-0.1, -0.05) is 51.2 Å². The number of hydrogen-bond donors (Lipinski definition) is 1. The molecule has 0 radical (unpaired) electrons. The van der Waals surface area contributed by atoms with Crippen molar-refractivity contribution in [1.82, 2.24) is 10.2 Å². The Morgan fingerprint density at radius 1 is 1.19 bits per heavy atom. The maximum Gasteiger partial charge on any atom is 0.264 e. The Balaban J connectivity index is 1.46. The van der Waals surface area contributed by atoms with Crippen molar-refractivity contribution >= 4 is 50.1 Å². The SMILES string of the molecule is N#Cc1ccc(CSc2nnc(NC(=O)COc3ccc(Br)cc3)s2)cc1. The number of hydrogen-bond acceptors (Lipinski definition) is 7. The number of carbonyl (C=O) groups is 1. The molecule has 6 nitrogen and oxygen atoms in total. The highest BCUT2D eigenvalue weighted by molar-refractivity contribution is 9.10. The number of ether oxygens (including phenoxy) is 1. The van der Waals surface area contributed by atoms with Crippen LogP contribution in [-0.2, 0) is 10.5 Å². The second-order valence-electron chi connectivity index (χ2n) is 5.26. The molecule has 0 saturated heterocycles. The zero-order chi connectivity index (χ0) is 19.1. The van der Waals surface area contributed by atoms with Gasteiger partial charge in [0.25, 0.3) is 5.91 Å². The summed E-state index contributed by atoms with van der Waals surface area (Å²) in [5.41, 5.74) is 1.72. The maximum atomic E-state index is 12.0. The average molecular weight is 461 g/mol. The Morgan fingerprint density at radius 3 is 2.63 bits per heavy atom. The van der Waals surface area contributed by atoms with E-state index < -0.39 is 0 Å². The fraction of sp³-hybridized carbons (Fsp3) is 0.111. The molecule has 1 N–H and O–H groups in total. The van der Waals surface area contributed by atoms with Gasteiger partial charge in [-0.05, 0) is 42.0 Å². The summed E-state index contributed by atoms with van der Waals surface area (Å²) in [6.45, 7) is -0.102. The normalized spacial score (nSPS) is 10.2. The molecular weight excluding hydrogens is 448 g/mol. The van der Waals surface area contributed by atoms with Crippen molar-refractivity contribution in [2.75, 3.05) is 11.9 Å². The van der Waals surface area contributed by atoms with Gasteiger partial charge < -0.3 is 4.74 Å². The van der Waals surface area contributed by atoms with Gasteiger partial charge in [-0.25, -0.2) is 0 Å². The molecule has 0 fully saturated rings. The number of benzene rings is 2. The van der Waals surface area contributed by atoms with Crippen LogP contribution >= 0.6 is 39.0 Å².